The molecule has 6 heteroatoms. The maximum absolute atomic E-state index is 12.6. The zero-order chi connectivity index (χ0) is 20.3. The number of ether oxygens (including phenoxy) is 1. The van der Waals surface area contributed by atoms with Gasteiger partial charge in [-0.1, -0.05) is 31.0 Å². The molecule has 0 unspecified atom stereocenters. The number of fused-ring (bicyclic) bond motifs is 2. The SMILES string of the molecule is O=C1OC2(CCN(C(=O)NCC3CCC(CCCO)CC3)CC2)c2ccccc21. The fourth-order valence-electron chi connectivity index (χ4n) is 5.24. The van der Waals surface area contributed by atoms with Crippen molar-refractivity contribution in [3.05, 3.63) is 35.4 Å². The van der Waals surface area contributed by atoms with Crippen molar-refractivity contribution in [3.8, 4) is 0 Å². The molecule has 1 aliphatic carbocycles. The molecule has 2 aliphatic heterocycles. The quantitative estimate of drug-likeness (QED) is 0.742. The number of carbonyl (C=O) groups is 2. The number of hydrogen-bond donors (Lipinski definition) is 2. The highest BCUT2D eigenvalue weighted by Crippen LogP contribution is 2.43. The minimum absolute atomic E-state index is 0.000127. The van der Waals surface area contributed by atoms with Gasteiger partial charge in [-0.05, 0) is 43.6 Å². The number of amides is 2. The Morgan fingerprint density at radius 1 is 1.14 bits per heavy atom. The van der Waals surface area contributed by atoms with E-state index in [4.69, 9.17) is 9.84 Å². The normalized spacial score (nSPS) is 25.6. The zero-order valence-corrected chi connectivity index (χ0v) is 17.1. The summed E-state index contributed by atoms with van der Waals surface area (Å²) in [6, 6.07) is 7.61. The molecule has 1 saturated heterocycles. The van der Waals surface area contributed by atoms with Crippen LogP contribution in [0.25, 0.3) is 0 Å². The van der Waals surface area contributed by atoms with Crippen molar-refractivity contribution in [2.45, 2.75) is 57.0 Å². The Balaban J connectivity index is 1.23. The number of esters is 1. The lowest BCUT2D eigenvalue weighted by Crippen LogP contribution is -2.49. The number of nitrogens with zero attached hydrogens (tertiary/aromatic N) is 1. The number of urea groups is 1. The number of rotatable bonds is 5. The van der Waals surface area contributed by atoms with Crippen LogP contribution in [0, 0.1) is 11.8 Å². The van der Waals surface area contributed by atoms with Gasteiger partial charge in [0.2, 0.25) is 0 Å². The van der Waals surface area contributed by atoms with E-state index in [-0.39, 0.29) is 18.6 Å². The fourth-order valence-corrected chi connectivity index (χ4v) is 5.24. The summed E-state index contributed by atoms with van der Waals surface area (Å²) in [5, 5.41) is 12.1. The first kappa shape index (κ1) is 20.2. The summed E-state index contributed by atoms with van der Waals surface area (Å²) in [4.78, 5) is 26.7. The van der Waals surface area contributed by atoms with E-state index in [1.165, 1.54) is 12.8 Å². The molecule has 2 N–H and O–H groups in total. The number of aliphatic hydroxyl groups excluding tert-OH is 1. The van der Waals surface area contributed by atoms with Gasteiger partial charge in [0, 0.05) is 44.6 Å². The van der Waals surface area contributed by atoms with Crippen LogP contribution in [0.2, 0.25) is 0 Å². The van der Waals surface area contributed by atoms with Crippen molar-refractivity contribution in [1.29, 1.82) is 0 Å². The molecule has 4 rings (SSSR count). The molecule has 0 aromatic heterocycles. The van der Waals surface area contributed by atoms with Crippen molar-refractivity contribution in [2.75, 3.05) is 26.2 Å². The van der Waals surface area contributed by atoms with Crippen molar-refractivity contribution in [3.63, 3.8) is 0 Å². The third-order valence-electron chi connectivity index (χ3n) is 7.06. The summed E-state index contributed by atoms with van der Waals surface area (Å²) in [7, 11) is 0. The predicted octanol–water partition coefficient (Wildman–Crippen LogP) is 3.44. The van der Waals surface area contributed by atoms with Crippen LogP contribution < -0.4 is 5.32 Å². The number of aliphatic hydroxyl groups is 1. The molecule has 0 radical (unpaired) electrons. The number of nitrogens with one attached hydrogen (secondary N) is 1. The summed E-state index contributed by atoms with van der Waals surface area (Å²) >= 11 is 0. The highest BCUT2D eigenvalue weighted by molar-refractivity contribution is 5.94. The number of likely N-dealkylation sites (tertiary alicyclic amines) is 1. The van der Waals surface area contributed by atoms with E-state index >= 15 is 0 Å². The molecule has 2 heterocycles. The Labute approximate surface area is 172 Å². The Hall–Kier alpha value is -2.08. The Bertz CT molecular complexity index is 734. The largest absolute Gasteiger partial charge is 0.450 e. The van der Waals surface area contributed by atoms with Gasteiger partial charge in [0.25, 0.3) is 0 Å². The standard InChI is InChI=1S/C23H32N2O4/c26-15-3-4-17-7-9-18(10-8-17)16-24-22(28)25-13-11-23(12-14-25)20-6-2-1-5-19(20)21(27)29-23/h1-2,5-6,17-18,26H,3-4,7-16H2,(H,24,28). The van der Waals surface area contributed by atoms with Crippen LogP contribution in [-0.4, -0.2) is 48.2 Å². The van der Waals surface area contributed by atoms with E-state index in [0.717, 1.165) is 43.7 Å². The summed E-state index contributed by atoms with van der Waals surface area (Å²) in [5.41, 5.74) is 1.08. The first-order chi connectivity index (χ1) is 14.1. The molecule has 3 aliphatic rings. The van der Waals surface area contributed by atoms with Gasteiger partial charge < -0.3 is 20.1 Å². The highest BCUT2D eigenvalue weighted by atomic mass is 16.6. The van der Waals surface area contributed by atoms with E-state index in [1.807, 2.05) is 29.2 Å². The van der Waals surface area contributed by atoms with Gasteiger partial charge >= 0.3 is 12.0 Å². The van der Waals surface area contributed by atoms with Crippen LogP contribution in [0.3, 0.4) is 0 Å². The summed E-state index contributed by atoms with van der Waals surface area (Å²) < 4.78 is 5.77. The van der Waals surface area contributed by atoms with Crippen molar-refractivity contribution < 1.29 is 19.4 Å². The number of hydrogen-bond acceptors (Lipinski definition) is 4. The molecule has 2 amide bonds. The van der Waals surface area contributed by atoms with Gasteiger partial charge in [0.1, 0.15) is 5.60 Å². The monoisotopic (exact) mass is 400 g/mol. The second-order valence-corrected chi connectivity index (χ2v) is 8.86. The molecule has 1 aromatic carbocycles. The second kappa shape index (κ2) is 8.74. The average Bonchev–Trinajstić information content (AvgIpc) is 3.03. The first-order valence-corrected chi connectivity index (χ1v) is 11.1. The molecule has 0 atom stereocenters. The van der Waals surface area contributed by atoms with E-state index in [0.29, 0.717) is 37.4 Å². The van der Waals surface area contributed by atoms with Gasteiger partial charge in [-0.15, -0.1) is 0 Å². The second-order valence-electron chi connectivity index (χ2n) is 8.86. The molecule has 1 spiro atoms. The van der Waals surface area contributed by atoms with E-state index in [2.05, 4.69) is 5.32 Å². The molecule has 0 bridgehead atoms. The van der Waals surface area contributed by atoms with Crippen LogP contribution in [0.15, 0.2) is 24.3 Å². The third kappa shape index (κ3) is 4.27. The molecule has 1 saturated carbocycles. The van der Waals surface area contributed by atoms with E-state index in [9.17, 15) is 9.59 Å². The summed E-state index contributed by atoms with van der Waals surface area (Å²) in [6.07, 6.45) is 8.06. The Morgan fingerprint density at radius 2 is 1.83 bits per heavy atom. The van der Waals surface area contributed by atoms with Gasteiger partial charge in [0.05, 0.1) is 5.56 Å². The Morgan fingerprint density at radius 3 is 2.55 bits per heavy atom. The van der Waals surface area contributed by atoms with E-state index in [1.54, 1.807) is 0 Å². The molecule has 6 nitrogen and oxygen atoms in total. The topological polar surface area (TPSA) is 78.9 Å². The molecule has 158 valence electrons. The Kier molecular flexibility index (Phi) is 6.09. The van der Waals surface area contributed by atoms with Crippen LogP contribution in [0.5, 0.6) is 0 Å². The lowest BCUT2D eigenvalue weighted by Gasteiger charge is -2.38. The van der Waals surface area contributed by atoms with Gasteiger partial charge in [-0.25, -0.2) is 9.59 Å². The minimum atomic E-state index is -0.558. The first-order valence-electron chi connectivity index (χ1n) is 11.1. The van der Waals surface area contributed by atoms with Gasteiger partial charge in [-0.3, -0.25) is 0 Å². The smallest absolute Gasteiger partial charge is 0.339 e. The lowest BCUT2D eigenvalue weighted by atomic mass is 9.80. The number of piperidine rings is 1. The van der Waals surface area contributed by atoms with Crippen LogP contribution in [0.4, 0.5) is 4.79 Å². The molecular weight excluding hydrogens is 368 g/mol. The van der Waals surface area contributed by atoms with Crippen LogP contribution in [0.1, 0.15) is 67.3 Å². The maximum Gasteiger partial charge on any atom is 0.339 e. The lowest BCUT2D eigenvalue weighted by molar-refractivity contribution is -0.0370. The minimum Gasteiger partial charge on any atom is -0.450 e. The highest BCUT2D eigenvalue weighted by Gasteiger charge is 2.47. The number of benzene rings is 1. The average molecular weight is 401 g/mol. The van der Waals surface area contributed by atoms with Crippen molar-refractivity contribution >= 4 is 12.0 Å². The molecule has 2 fully saturated rings. The summed E-state index contributed by atoms with van der Waals surface area (Å²) in [6.45, 7) is 2.23. The van der Waals surface area contributed by atoms with Crippen molar-refractivity contribution in [2.24, 2.45) is 11.8 Å². The summed E-state index contributed by atoms with van der Waals surface area (Å²) in [5.74, 6) is 1.06. The van der Waals surface area contributed by atoms with Crippen LogP contribution in [-0.2, 0) is 10.3 Å². The molecule has 29 heavy (non-hydrogen) atoms. The van der Waals surface area contributed by atoms with Gasteiger partial charge in [0.15, 0.2) is 0 Å². The van der Waals surface area contributed by atoms with Crippen molar-refractivity contribution in [1.82, 2.24) is 10.2 Å². The molecular formula is C23H32N2O4. The number of carbonyl (C=O) groups excluding carboxylic acids is 2. The van der Waals surface area contributed by atoms with Crippen LogP contribution >= 0.6 is 0 Å². The maximum atomic E-state index is 12.6. The fraction of sp³-hybridized carbons (Fsp3) is 0.652. The zero-order valence-electron chi connectivity index (χ0n) is 17.1. The predicted molar refractivity (Wildman–Crippen MR) is 110 cm³/mol. The van der Waals surface area contributed by atoms with Gasteiger partial charge in [-0.2, -0.15) is 0 Å². The third-order valence-corrected chi connectivity index (χ3v) is 7.06. The van der Waals surface area contributed by atoms with E-state index < -0.39 is 5.60 Å². The molecule has 1 aromatic rings.